The standard InChI is InChI=1S/C16H24N2O4S/c17-23(19,20)15-3-1-13(2-4-15)12-18-14-5-8-22-16(11-14)6-9-21-10-7-16/h1-4,14,18H,5-12H2,(H2,17,19,20). The van der Waals surface area contributed by atoms with Gasteiger partial charge in [0.05, 0.1) is 10.5 Å². The molecule has 2 aliphatic rings. The maximum Gasteiger partial charge on any atom is 0.238 e. The average molecular weight is 340 g/mol. The number of sulfonamides is 1. The second kappa shape index (κ2) is 6.86. The lowest BCUT2D eigenvalue weighted by Gasteiger charge is -2.43. The number of hydrogen-bond donors (Lipinski definition) is 2. The Bertz CT molecular complexity index is 618. The van der Waals surface area contributed by atoms with Gasteiger partial charge in [0.15, 0.2) is 0 Å². The first-order valence-corrected chi connectivity index (χ1v) is 9.58. The van der Waals surface area contributed by atoms with Crippen LogP contribution < -0.4 is 10.5 Å². The summed E-state index contributed by atoms with van der Waals surface area (Å²) in [6.07, 6.45) is 3.94. The van der Waals surface area contributed by atoms with Crippen LogP contribution in [0.5, 0.6) is 0 Å². The fraction of sp³-hybridized carbons (Fsp3) is 0.625. The Balaban J connectivity index is 1.55. The van der Waals surface area contributed by atoms with Gasteiger partial charge in [-0.3, -0.25) is 0 Å². The van der Waals surface area contributed by atoms with Gasteiger partial charge >= 0.3 is 0 Å². The van der Waals surface area contributed by atoms with E-state index in [-0.39, 0.29) is 10.5 Å². The minimum absolute atomic E-state index is 0.0222. The van der Waals surface area contributed by atoms with E-state index in [0.717, 1.165) is 51.1 Å². The first-order chi connectivity index (χ1) is 11.0. The van der Waals surface area contributed by atoms with Gasteiger partial charge in [-0.1, -0.05) is 12.1 Å². The van der Waals surface area contributed by atoms with Crippen LogP contribution in [0.25, 0.3) is 0 Å². The number of benzene rings is 1. The second-order valence-electron chi connectivity index (χ2n) is 6.40. The quantitative estimate of drug-likeness (QED) is 0.858. The molecule has 1 unspecified atom stereocenters. The maximum atomic E-state index is 11.3. The number of primary sulfonamides is 1. The van der Waals surface area contributed by atoms with E-state index in [1.54, 1.807) is 24.3 Å². The van der Waals surface area contributed by atoms with Crippen molar-refractivity contribution in [2.75, 3.05) is 19.8 Å². The third-order valence-corrected chi connectivity index (χ3v) is 5.67. The molecule has 1 aromatic carbocycles. The molecule has 0 amide bonds. The van der Waals surface area contributed by atoms with Crippen molar-refractivity contribution in [3.63, 3.8) is 0 Å². The Morgan fingerprint density at radius 3 is 2.52 bits per heavy atom. The average Bonchev–Trinajstić information content (AvgIpc) is 2.53. The lowest BCUT2D eigenvalue weighted by atomic mass is 9.84. The predicted octanol–water partition coefficient (Wildman–Crippen LogP) is 1.15. The van der Waals surface area contributed by atoms with Gasteiger partial charge in [-0.2, -0.15) is 0 Å². The summed E-state index contributed by atoms with van der Waals surface area (Å²) in [4.78, 5) is 0.147. The molecule has 1 aromatic rings. The van der Waals surface area contributed by atoms with E-state index in [0.29, 0.717) is 12.6 Å². The molecule has 128 valence electrons. The highest BCUT2D eigenvalue weighted by atomic mass is 32.2. The third kappa shape index (κ3) is 4.30. The van der Waals surface area contributed by atoms with Crippen molar-refractivity contribution in [2.24, 2.45) is 5.14 Å². The Hall–Kier alpha value is -0.990. The molecular weight excluding hydrogens is 316 g/mol. The zero-order chi connectivity index (χ0) is 16.3. The lowest BCUT2D eigenvalue weighted by molar-refractivity contribution is -0.140. The van der Waals surface area contributed by atoms with Crippen LogP contribution in [0.15, 0.2) is 29.2 Å². The summed E-state index contributed by atoms with van der Waals surface area (Å²) >= 11 is 0. The van der Waals surface area contributed by atoms with Gasteiger partial charge in [0.25, 0.3) is 0 Å². The summed E-state index contributed by atoms with van der Waals surface area (Å²) in [6, 6.07) is 7.12. The van der Waals surface area contributed by atoms with Crippen LogP contribution >= 0.6 is 0 Å². The minimum atomic E-state index is -3.62. The highest BCUT2D eigenvalue weighted by molar-refractivity contribution is 7.89. The van der Waals surface area contributed by atoms with Gasteiger partial charge in [-0.15, -0.1) is 0 Å². The van der Waals surface area contributed by atoms with Crippen molar-refractivity contribution in [3.05, 3.63) is 29.8 Å². The molecule has 23 heavy (non-hydrogen) atoms. The van der Waals surface area contributed by atoms with Gasteiger partial charge in [0, 0.05) is 32.4 Å². The largest absolute Gasteiger partial charge is 0.381 e. The fourth-order valence-corrected chi connectivity index (χ4v) is 3.87. The normalized spacial score (nSPS) is 24.7. The van der Waals surface area contributed by atoms with Crippen LogP contribution in [0.3, 0.4) is 0 Å². The van der Waals surface area contributed by atoms with E-state index in [9.17, 15) is 8.42 Å². The summed E-state index contributed by atoms with van der Waals surface area (Å²) < 4.78 is 34.0. The van der Waals surface area contributed by atoms with E-state index in [4.69, 9.17) is 14.6 Å². The molecule has 2 saturated heterocycles. The monoisotopic (exact) mass is 340 g/mol. The van der Waals surface area contributed by atoms with Gasteiger partial charge < -0.3 is 14.8 Å². The predicted molar refractivity (Wildman–Crippen MR) is 86.4 cm³/mol. The van der Waals surface area contributed by atoms with Crippen molar-refractivity contribution >= 4 is 10.0 Å². The summed E-state index contributed by atoms with van der Waals surface area (Å²) in [5, 5.41) is 8.68. The molecule has 7 heteroatoms. The number of nitrogens with two attached hydrogens (primary N) is 1. The molecule has 2 aliphatic heterocycles. The highest BCUT2D eigenvalue weighted by Crippen LogP contribution is 2.34. The second-order valence-corrected chi connectivity index (χ2v) is 7.96. The number of nitrogens with one attached hydrogen (secondary N) is 1. The SMILES string of the molecule is NS(=O)(=O)c1ccc(CNC2CCOC3(CCOCC3)C2)cc1. The van der Waals surface area contributed by atoms with Gasteiger partial charge in [-0.05, 0) is 43.4 Å². The summed E-state index contributed by atoms with van der Waals surface area (Å²) in [5.41, 5.74) is 1.02. The summed E-state index contributed by atoms with van der Waals surface area (Å²) in [7, 11) is -3.62. The van der Waals surface area contributed by atoms with E-state index >= 15 is 0 Å². The summed E-state index contributed by atoms with van der Waals surface area (Å²) in [6.45, 7) is 3.05. The van der Waals surface area contributed by atoms with Gasteiger partial charge in [0.1, 0.15) is 0 Å². The Labute approximate surface area is 137 Å². The van der Waals surface area contributed by atoms with Crippen LogP contribution in [0.1, 0.15) is 31.2 Å². The molecule has 1 atom stereocenters. The first-order valence-electron chi connectivity index (χ1n) is 8.04. The van der Waals surface area contributed by atoms with Crippen molar-refractivity contribution < 1.29 is 17.9 Å². The number of ether oxygens (including phenoxy) is 2. The Morgan fingerprint density at radius 2 is 1.87 bits per heavy atom. The molecule has 2 heterocycles. The minimum Gasteiger partial charge on any atom is -0.381 e. The highest BCUT2D eigenvalue weighted by Gasteiger charge is 2.38. The third-order valence-electron chi connectivity index (χ3n) is 4.74. The molecule has 3 rings (SSSR count). The lowest BCUT2D eigenvalue weighted by Crippen LogP contribution is -2.49. The van der Waals surface area contributed by atoms with E-state index in [1.807, 2.05) is 0 Å². The molecule has 0 bridgehead atoms. The van der Waals surface area contributed by atoms with E-state index in [1.165, 1.54) is 0 Å². The molecule has 3 N–H and O–H groups in total. The molecule has 6 nitrogen and oxygen atoms in total. The smallest absolute Gasteiger partial charge is 0.238 e. The zero-order valence-electron chi connectivity index (χ0n) is 13.2. The van der Waals surface area contributed by atoms with Crippen molar-refractivity contribution in [1.29, 1.82) is 0 Å². The molecule has 1 spiro atoms. The van der Waals surface area contributed by atoms with Crippen molar-refractivity contribution in [1.82, 2.24) is 5.32 Å². The molecular formula is C16H24N2O4S. The Kier molecular flexibility index (Phi) is 5.03. The molecule has 0 radical (unpaired) electrons. The first kappa shape index (κ1) is 16.9. The molecule has 0 aliphatic carbocycles. The number of hydrogen-bond acceptors (Lipinski definition) is 5. The van der Waals surface area contributed by atoms with Crippen LogP contribution in [-0.4, -0.2) is 39.9 Å². The van der Waals surface area contributed by atoms with E-state index in [2.05, 4.69) is 5.32 Å². The summed E-state index contributed by atoms with van der Waals surface area (Å²) in [5.74, 6) is 0. The van der Waals surface area contributed by atoms with E-state index < -0.39 is 10.0 Å². The zero-order valence-corrected chi connectivity index (χ0v) is 14.0. The molecule has 2 fully saturated rings. The fourth-order valence-electron chi connectivity index (χ4n) is 3.35. The maximum absolute atomic E-state index is 11.3. The van der Waals surface area contributed by atoms with Crippen LogP contribution in [0, 0.1) is 0 Å². The van der Waals surface area contributed by atoms with Crippen LogP contribution in [0.2, 0.25) is 0 Å². The number of rotatable bonds is 4. The molecule has 0 saturated carbocycles. The van der Waals surface area contributed by atoms with Crippen LogP contribution in [0.4, 0.5) is 0 Å². The Morgan fingerprint density at radius 1 is 1.17 bits per heavy atom. The van der Waals surface area contributed by atoms with Crippen molar-refractivity contribution in [3.8, 4) is 0 Å². The topological polar surface area (TPSA) is 90.7 Å². The van der Waals surface area contributed by atoms with Crippen molar-refractivity contribution in [2.45, 2.75) is 48.8 Å². The van der Waals surface area contributed by atoms with Gasteiger partial charge in [-0.25, -0.2) is 13.6 Å². The molecule has 0 aromatic heterocycles. The van der Waals surface area contributed by atoms with Crippen LogP contribution in [-0.2, 0) is 26.0 Å². The van der Waals surface area contributed by atoms with Gasteiger partial charge in [0.2, 0.25) is 10.0 Å².